The second kappa shape index (κ2) is 13.5. The highest BCUT2D eigenvalue weighted by molar-refractivity contribution is 6.09. The average molecular weight is 854 g/mol. The predicted molar refractivity (Wildman–Crippen MR) is 265 cm³/mol. The summed E-state index contributed by atoms with van der Waals surface area (Å²) in [6, 6.07) is 38.3. The normalized spacial score (nSPS) is 14.4. The summed E-state index contributed by atoms with van der Waals surface area (Å²) < 4.78 is 13.6. The molecule has 11 rings (SSSR count). The maximum Gasteiger partial charge on any atom is 0.244 e. The van der Waals surface area contributed by atoms with E-state index in [0.29, 0.717) is 0 Å². The van der Waals surface area contributed by atoms with Gasteiger partial charge in [-0.05, 0) is 120 Å². The molecule has 0 atom stereocenters. The fourth-order valence-electron chi connectivity index (χ4n) is 11.0. The van der Waals surface area contributed by atoms with E-state index in [1.54, 1.807) is 0 Å². The highest BCUT2D eigenvalue weighted by Crippen LogP contribution is 2.65. The van der Waals surface area contributed by atoms with Crippen LogP contribution in [0, 0.1) is 6.33 Å². The summed E-state index contributed by atoms with van der Waals surface area (Å²) in [5, 5.41) is 2.24. The maximum absolute atomic E-state index is 7.00. The van der Waals surface area contributed by atoms with Gasteiger partial charge >= 0.3 is 0 Å². The van der Waals surface area contributed by atoms with Gasteiger partial charge in [0.05, 0.1) is 46.4 Å². The number of hydrogen-bond donors (Lipinski definition) is 0. The van der Waals surface area contributed by atoms with Crippen LogP contribution < -0.4 is 9.30 Å². The van der Waals surface area contributed by atoms with Crippen molar-refractivity contribution in [1.82, 2.24) is 19.1 Å². The van der Waals surface area contributed by atoms with Gasteiger partial charge in [-0.1, -0.05) is 138 Å². The van der Waals surface area contributed by atoms with Crippen LogP contribution in [0.3, 0.4) is 0 Å². The van der Waals surface area contributed by atoms with Crippen molar-refractivity contribution in [1.29, 1.82) is 0 Å². The molecule has 5 aromatic carbocycles. The molecule has 326 valence electrons. The van der Waals surface area contributed by atoms with Crippen molar-refractivity contribution < 1.29 is 9.30 Å². The van der Waals surface area contributed by atoms with E-state index in [1.807, 2.05) is 36.8 Å². The van der Waals surface area contributed by atoms with Gasteiger partial charge in [0.2, 0.25) is 6.33 Å². The van der Waals surface area contributed by atoms with Gasteiger partial charge < -0.3 is 13.9 Å². The zero-order chi connectivity index (χ0) is 45.7. The first-order valence-corrected chi connectivity index (χ1v) is 23.1. The minimum absolute atomic E-state index is 0.0561. The fourth-order valence-corrected chi connectivity index (χ4v) is 11.0. The number of fused-ring (bicyclic) bond motifs is 12. The molecule has 9 aromatic rings. The molecule has 2 aliphatic rings. The first-order chi connectivity index (χ1) is 30.7. The third kappa shape index (κ3) is 5.94. The number of imidazole rings is 1. The molecule has 6 nitrogen and oxygen atoms in total. The Hall–Kier alpha value is -6.53. The highest BCUT2D eigenvalue weighted by Gasteiger charge is 2.54. The van der Waals surface area contributed by atoms with E-state index in [-0.39, 0.29) is 21.7 Å². The summed E-state index contributed by atoms with van der Waals surface area (Å²) in [5.74, 6) is 2.34. The molecule has 1 aliphatic heterocycles. The second-order valence-corrected chi connectivity index (χ2v) is 22.7. The SMILES string of the molecule is C[n+]1[c-]n2c3c(cccc31)C1(c3ccc(Oc4ccc5c6ccncc6n(-c6ccccn6)c5c4)cc3-2)c2c(cc(C(C)(C)C)cc2C(C)(C)C)-c2cc(C(C)(C)C)cc(C(C)(C)C)c21. The van der Waals surface area contributed by atoms with Crippen LogP contribution in [0.1, 0.15) is 128 Å². The van der Waals surface area contributed by atoms with Crippen LogP contribution in [0.15, 0.2) is 122 Å². The van der Waals surface area contributed by atoms with Crippen molar-refractivity contribution in [2.45, 2.75) is 110 Å². The summed E-state index contributed by atoms with van der Waals surface area (Å²) in [5.41, 5.74) is 17.8. The Morgan fingerprint density at radius 2 is 1.22 bits per heavy atom. The van der Waals surface area contributed by atoms with Crippen LogP contribution in [-0.4, -0.2) is 19.1 Å². The summed E-state index contributed by atoms with van der Waals surface area (Å²) in [7, 11) is 2.12. The standard InChI is InChI=1S/C59H59N5O/c1-55(2,3)35-27-41-42-28-36(56(4,5)6)30-46(58(10,11)12)53(42)59(52(41)45(29-35)57(7,8)9)43-23-21-38(32-49(43)63-34-62(13)47-18-16-17-44(59)54(47)63)65-37-20-22-39-40-24-26-60-33-50(40)64(48(39)31-37)51-19-14-15-25-61-51/h14-33H,1-13H3. The average Bonchev–Trinajstić information content (AvgIpc) is 3.87. The van der Waals surface area contributed by atoms with Gasteiger partial charge in [-0.3, -0.25) is 9.55 Å². The van der Waals surface area contributed by atoms with E-state index in [2.05, 4.69) is 200 Å². The topological polar surface area (TPSA) is 48.8 Å². The zero-order valence-electron chi connectivity index (χ0n) is 40.2. The van der Waals surface area contributed by atoms with Crippen molar-refractivity contribution in [3.8, 4) is 34.1 Å². The van der Waals surface area contributed by atoms with Gasteiger partial charge in [-0.2, -0.15) is 0 Å². The molecule has 6 heteroatoms. The monoisotopic (exact) mass is 853 g/mol. The Morgan fingerprint density at radius 3 is 1.83 bits per heavy atom. The molecule has 4 aromatic heterocycles. The Balaban J connectivity index is 1.23. The number of rotatable bonds is 3. The van der Waals surface area contributed by atoms with E-state index >= 15 is 0 Å². The lowest BCUT2D eigenvalue weighted by Crippen LogP contribution is -2.38. The first kappa shape index (κ1) is 41.2. The van der Waals surface area contributed by atoms with Crippen molar-refractivity contribution in [3.05, 3.63) is 173 Å². The minimum atomic E-state index is -0.651. The third-order valence-electron chi connectivity index (χ3n) is 14.2. The van der Waals surface area contributed by atoms with Gasteiger partial charge in [0.25, 0.3) is 0 Å². The van der Waals surface area contributed by atoms with Crippen LogP contribution in [0.5, 0.6) is 11.5 Å². The Kier molecular flexibility index (Phi) is 8.56. The lowest BCUT2D eigenvalue weighted by molar-refractivity contribution is -0.649. The van der Waals surface area contributed by atoms with Crippen molar-refractivity contribution in [3.63, 3.8) is 0 Å². The number of hydrogen-bond acceptors (Lipinski definition) is 3. The van der Waals surface area contributed by atoms with E-state index < -0.39 is 5.41 Å². The molecular formula is C59H59N5O. The molecule has 1 spiro atoms. The quantitative estimate of drug-likeness (QED) is 0.131. The summed E-state index contributed by atoms with van der Waals surface area (Å²) >= 11 is 0. The van der Waals surface area contributed by atoms with Gasteiger partial charge in [0, 0.05) is 29.2 Å². The molecule has 0 saturated carbocycles. The number of aromatic nitrogens is 5. The molecule has 0 amide bonds. The first-order valence-electron chi connectivity index (χ1n) is 23.1. The van der Waals surface area contributed by atoms with Crippen LogP contribution in [-0.2, 0) is 34.1 Å². The molecule has 0 N–H and O–H groups in total. The van der Waals surface area contributed by atoms with E-state index in [4.69, 9.17) is 9.72 Å². The number of para-hydroxylation sites is 1. The van der Waals surface area contributed by atoms with Crippen LogP contribution >= 0.6 is 0 Å². The molecule has 5 heterocycles. The number of nitrogens with zero attached hydrogens (tertiary/aromatic N) is 5. The highest BCUT2D eigenvalue weighted by atomic mass is 16.5. The minimum Gasteiger partial charge on any atom is -0.458 e. The van der Waals surface area contributed by atoms with E-state index in [0.717, 1.165) is 50.3 Å². The van der Waals surface area contributed by atoms with Gasteiger partial charge in [-0.25, -0.2) is 4.98 Å². The molecule has 0 unspecified atom stereocenters. The third-order valence-corrected chi connectivity index (χ3v) is 14.2. The summed E-state index contributed by atoms with van der Waals surface area (Å²) in [4.78, 5) is 9.25. The largest absolute Gasteiger partial charge is 0.458 e. The number of benzene rings is 5. The molecule has 65 heavy (non-hydrogen) atoms. The Bertz CT molecular complexity index is 3370. The summed E-state index contributed by atoms with van der Waals surface area (Å²) in [6.07, 6.45) is 9.37. The van der Waals surface area contributed by atoms with Crippen LogP contribution in [0.4, 0.5) is 0 Å². The van der Waals surface area contributed by atoms with Gasteiger partial charge in [0.15, 0.2) is 0 Å². The molecule has 0 saturated heterocycles. The number of ether oxygens (including phenoxy) is 1. The molecular weight excluding hydrogens is 795 g/mol. The number of pyridine rings is 2. The maximum atomic E-state index is 7.00. The van der Waals surface area contributed by atoms with E-state index in [9.17, 15) is 0 Å². The molecule has 0 radical (unpaired) electrons. The lowest BCUT2D eigenvalue weighted by Gasteiger charge is -2.45. The smallest absolute Gasteiger partial charge is 0.244 e. The predicted octanol–water partition coefficient (Wildman–Crippen LogP) is 13.8. The van der Waals surface area contributed by atoms with Crippen molar-refractivity contribution in [2.24, 2.45) is 7.05 Å². The zero-order valence-corrected chi connectivity index (χ0v) is 40.2. The van der Waals surface area contributed by atoms with Crippen LogP contribution in [0.2, 0.25) is 0 Å². The van der Waals surface area contributed by atoms with Crippen LogP contribution in [0.25, 0.3) is 55.5 Å². The second-order valence-electron chi connectivity index (χ2n) is 22.7. The van der Waals surface area contributed by atoms with E-state index in [1.165, 1.54) is 61.2 Å². The number of aryl methyl sites for hydroxylation is 1. The van der Waals surface area contributed by atoms with Crippen molar-refractivity contribution in [2.75, 3.05) is 0 Å². The Labute approximate surface area is 383 Å². The summed E-state index contributed by atoms with van der Waals surface area (Å²) in [6.45, 7) is 28.5. The Morgan fingerprint density at radius 1 is 0.585 bits per heavy atom. The molecule has 0 bridgehead atoms. The molecule has 1 aliphatic carbocycles. The van der Waals surface area contributed by atoms with Gasteiger partial charge in [0.1, 0.15) is 17.3 Å². The molecule has 0 fully saturated rings. The fraction of sp³-hybridized carbons (Fsp3) is 0.305. The van der Waals surface area contributed by atoms with Gasteiger partial charge in [-0.15, -0.1) is 0 Å². The van der Waals surface area contributed by atoms with Crippen molar-refractivity contribution >= 4 is 32.8 Å². The lowest BCUT2D eigenvalue weighted by atomic mass is 9.60.